The topological polar surface area (TPSA) is 58.1 Å². The minimum absolute atomic E-state index is 0.00861. The number of fused-ring (bicyclic) bond motifs is 1. The second-order valence-electron chi connectivity index (χ2n) is 4.76. The summed E-state index contributed by atoms with van der Waals surface area (Å²) in [5.74, 6) is 0.624. The molecule has 5 heteroatoms. The second-order valence-corrected chi connectivity index (χ2v) is 4.76. The molecule has 0 bridgehead atoms. The molecule has 2 fully saturated rings. The van der Waals surface area contributed by atoms with Crippen LogP contribution in [0.5, 0.6) is 0 Å². The summed E-state index contributed by atoms with van der Waals surface area (Å²) in [6.07, 6.45) is 7.13. The van der Waals surface area contributed by atoms with Crippen LogP contribution in [-0.2, 0) is 0 Å². The average Bonchev–Trinajstić information content (AvgIpc) is 2.82. The van der Waals surface area contributed by atoms with E-state index in [0.717, 1.165) is 19.6 Å². The van der Waals surface area contributed by atoms with Gasteiger partial charge in [-0.05, 0) is 25.3 Å². The van der Waals surface area contributed by atoms with Crippen LogP contribution in [0.4, 0.5) is 0 Å². The van der Waals surface area contributed by atoms with Crippen LogP contribution in [0.1, 0.15) is 23.3 Å². The lowest BCUT2D eigenvalue weighted by Gasteiger charge is -2.24. The molecule has 0 aliphatic carbocycles. The van der Waals surface area contributed by atoms with Crippen LogP contribution in [0.25, 0.3) is 0 Å². The first-order chi connectivity index (χ1) is 8.34. The van der Waals surface area contributed by atoms with Crippen LogP contribution in [0.3, 0.4) is 0 Å². The lowest BCUT2D eigenvalue weighted by atomic mass is 9.94. The number of likely N-dealkylation sites (tertiary alicyclic amines) is 1. The Morgan fingerprint density at radius 3 is 3.12 bits per heavy atom. The number of aromatic nitrogens is 2. The normalized spacial score (nSPS) is 27.9. The Morgan fingerprint density at radius 1 is 1.41 bits per heavy atom. The highest BCUT2D eigenvalue weighted by atomic mass is 16.2. The molecule has 17 heavy (non-hydrogen) atoms. The summed E-state index contributed by atoms with van der Waals surface area (Å²) in [6, 6.07) is 0.476. The molecule has 1 amide bonds. The van der Waals surface area contributed by atoms with E-state index in [1.807, 2.05) is 4.90 Å². The largest absolute Gasteiger partial charge is 0.335 e. The zero-order valence-corrected chi connectivity index (χ0v) is 9.67. The number of piperidine rings is 1. The van der Waals surface area contributed by atoms with E-state index in [4.69, 9.17) is 0 Å². The summed E-state index contributed by atoms with van der Waals surface area (Å²) in [5, 5.41) is 3.49. The van der Waals surface area contributed by atoms with Crippen molar-refractivity contribution >= 4 is 5.91 Å². The first-order valence-electron chi connectivity index (χ1n) is 6.13. The molecule has 2 aliphatic rings. The molecule has 0 saturated carbocycles. The predicted octanol–water partition coefficient (Wildman–Crippen LogP) is 0.301. The zero-order chi connectivity index (χ0) is 11.7. The summed E-state index contributed by atoms with van der Waals surface area (Å²) in [6.45, 7) is 2.74. The fourth-order valence-electron chi connectivity index (χ4n) is 2.78. The molecule has 5 nitrogen and oxygen atoms in total. The molecule has 1 aromatic heterocycles. The smallest absolute Gasteiger partial charge is 0.274 e. The van der Waals surface area contributed by atoms with E-state index in [-0.39, 0.29) is 5.91 Å². The van der Waals surface area contributed by atoms with Crippen molar-refractivity contribution in [2.75, 3.05) is 19.6 Å². The van der Waals surface area contributed by atoms with Crippen molar-refractivity contribution in [3.05, 3.63) is 24.3 Å². The number of amides is 1. The van der Waals surface area contributed by atoms with E-state index in [9.17, 15) is 4.79 Å². The summed E-state index contributed by atoms with van der Waals surface area (Å²) in [5.41, 5.74) is 0.450. The molecule has 90 valence electrons. The fourth-order valence-corrected chi connectivity index (χ4v) is 2.78. The minimum atomic E-state index is 0.00861. The Morgan fingerprint density at radius 2 is 2.35 bits per heavy atom. The van der Waals surface area contributed by atoms with Crippen molar-refractivity contribution in [3.63, 3.8) is 0 Å². The first-order valence-corrected chi connectivity index (χ1v) is 6.13. The molecule has 2 saturated heterocycles. The van der Waals surface area contributed by atoms with Crippen LogP contribution in [0.2, 0.25) is 0 Å². The molecule has 3 heterocycles. The minimum Gasteiger partial charge on any atom is -0.335 e. The third kappa shape index (κ3) is 2.02. The quantitative estimate of drug-likeness (QED) is 0.756. The highest BCUT2D eigenvalue weighted by Crippen LogP contribution is 2.25. The molecular formula is C12H16N4O. The van der Waals surface area contributed by atoms with Crippen molar-refractivity contribution in [2.45, 2.75) is 18.9 Å². The molecule has 1 aromatic rings. The number of hydrogen-bond donors (Lipinski definition) is 1. The second kappa shape index (κ2) is 4.41. The van der Waals surface area contributed by atoms with E-state index in [0.29, 0.717) is 17.7 Å². The average molecular weight is 232 g/mol. The number of nitrogens with zero attached hydrogens (tertiary/aromatic N) is 3. The Kier molecular flexibility index (Phi) is 2.76. The van der Waals surface area contributed by atoms with Gasteiger partial charge < -0.3 is 10.2 Å². The number of carbonyl (C=O) groups excluding carboxylic acids is 1. The first kappa shape index (κ1) is 10.7. The number of carbonyl (C=O) groups is 1. The van der Waals surface area contributed by atoms with Gasteiger partial charge in [0.15, 0.2) is 0 Å². The van der Waals surface area contributed by atoms with E-state index in [1.54, 1.807) is 12.4 Å². The van der Waals surface area contributed by atoms with Crippen molar-refractivity contribution < 1.29 is 4.79 Å². The van der Waals surface area contributed by atoms with Gasteiger partial charge in [0.1, 0.15) is 5.69 Å². The third-order valence-corrected chi connectivity index (χ3v) is 3.67. The number of nitrogens with one attached hydrogen (secondary N) is 1. The summed E-state index contributed by atoms with van der Waals surface area (Å²) >= 11 is 0. The number of hydrogen-bond acceptors (Lipinski definition) is 4. The molecule has 2 aliphatic heterocycles. The van der Waals surface area contributed by atoms with Crippen LogP contribution < -0.4 is 5.32 Å². The molecule has 0 spiro atoms. The SMILES string of the molecule is O=C(c1cnccn1)N1CC2CCCNC2C1. The van der Waals surface area contributed by atoms with Crippen molar-refractivity contribution in [2.24, 2.45) is 5.92 Å². The van der Waals surface area contributed by atoms with Crippen molar-refractivity contribution in [3.8, 4) is 0 Å². The maximum absolute atomic E-state index is 12.2. The van der Waals surface area contributed by atoms with Crippen molar-refractivity contribution in [1.29, 1.82) is 0 Å². The van der Waals surface area contributed by atoms with Gasteiger partial charge in [0.25, 0.3) is 5.91 Å². The van der Waals surface area contributed by atoms with Crippen LogP contribution in [0.15, 0.2) is 18.6 Å². The number of rotatable bonds is 1. The molecule has 2 unspecified atom stereocenters. The lowest BCUT2D eigenvalue weighted by Crippen LogP contribution is -2.41. The van der Waals surface area contributed by atoms with Gasteiger partial charge in [0.2, 0.25) is 0 Å². The summed E-state index contributed by atoms with van der Waals surface area (Å²) in [7, 11) is 0. The zero-order valence-electron chi connectivity index (χ0n) is 9.67. The van der Waals surface area contributed by atoms with Crippen LogP contribution in [0, 0.1) is 5.92 Å². The van der Waals surface area contributed by atoms with E-state index >= 15 is 0 Å². The highest BCUT2D eigenvalue weighted by molar-refractivity contribution is 5.92. The Bertz CT molecular complexity index is 394. The van der Waals surface area contributed by atoms with Gasteiger partial charge in [-0.1, -0.05) is 0 Å². The molecule has 0 radical (unpaired) electrons. The third-order valence-electron chi connectivity index (χ3n) is 3.67. The molecule has 2 atom stereocenters. The van der Waals surface area contributed by atoms with E-state index in [2.05, 4.69) is 15.3 Å². The molecular weight excluding hydrogens is 216 g/mol. The maximum Gasteiger partial charge on any atom is 0.274 e. The summed E-state index contributed by atoms with van der Waals surface area (Å²) in [4.78, 5) is 22.1. The van der Waals surface area contributed by atoms with Gasteiger partial charge in [0.05, 0.1) is 6.20 Å². The highest BCUT2D eigenvalue weighted by Gasteiger charge is 2.36. The van der Waals surface area contributed by atoms with Crippen LogP contribution in [-0.4, -0.2) is 46.5 Å². The maximum atomic E-state index is 12.2. The Labute approximate surface area is 100 Å². The standard InChI is InChI=1S/C12H16N4O/c17-12(10-6-13-4-5-15-10)16-7-9-2-1-3-14-11(9)8-16/h4-6,9,11,14H,1-3,7-8H2. The monoisotopic (exact) mass is 232 g/mol. The van der Waals surface area contributed by atoms with Gasteiger partial charge in [-0.25, -0.2) is 4.98 Å². The predicted molar refractivity (Wildman–Crippen MR) is 62.5 cm³/mol. The van der Waals surface area contributed by atoms with Crippen LogP contribution >= 0.6 is 0 Å². The molecule has 3 rings (SSSR count). The van der Waals surface area contributed by atoms with Crippen molar-refractivity contribution in [1.82, 2.24) is 20.2 Å². The van der Waals surface area contributed by atoms with Gasteiger partial charge in [-0.15, -0.1) is 0 Å². The molecule has 0 aromatic carbocycles. The Hall–Kier alpha value is -1.49. The Balaban J connectivity index is 1.72. The lowest BCUT2D eigenvalue weighted by molar-refractivity contribution is 0.0779. The molecule has 1 N–H and O–H groups in total. The summed E-state index contributed by atoms with van der Waals surface area (Å²) < 4.78 is 0. The van der Waals surface area contributed by atoms with E-state index < -0.39 is 0 Å². The van der Waals surface area contributed by atoms with Gasteiger partial charge in [-0.2, -0.15) is 0 Å². The van der Waals surface area contributed by atoms with Gasteiger partial charge in [0, 0.05) is 31.5 Å². The van der Waals surface area contributed by atoms with E-state index in [1.165, 1.54) is 19.0 Å². The van der Waals surface area contributed by atoms with Gasteiger partial charge >= 0.3 is 0 Å². The fraction of sp³-hybridized carbons (Fsp3) is 0.583. The van der Waals surface area contributed by atoms with Gasteiger partial charge in [-0.3, -0.25) is 9.78 Å².